The Balaban J connectivity index is 1.83. The third kappa shape index (κ3) is 7.02. The van der Waals surface area contributed by atoms with E-state index in [1.54, 1.807) is 18.4 Å². The van der Waals surface area contributed by atoms with Crippen molar-refractivity contribution >= 4 is 23.2 Å². The van der Waals surface area contributed by atoms with Gasteiger partial charge in [-0.1, -0.05) is 19.1 Å². The number of guanidine groups is 1. The minimum Gasteiger partial charge on any atom is -0.356 e. The van der Waals surface area contributed by atoms with Gasteiger partial charge in [-0.15, -0.1) is 11.3 Å². The van der Waals surface area contributed by atoms with Crippen LogP contribution in [0.2, 0.25) is 0 Å². The zero-order valence-electron chi connectivity index (χ0n) is 16.5. The molecule has 0 aliphatic heterocycles. The lowest BCUT2D eigenvalue weighted by atomic mass is 10.1. The molecule has 0 bridgehead atoms. The lowest BCUT2D eigenvalue weighted by Crippen LogP contribution is -2.38. The van der Waals surface area contributed by atoms with E-state index in [0.717, 1.165) is 35.9 Å². The van der Waals surface area contributed by atoms with E-state index in [-0.39, 0.29) is 11.9 Å². The predicted octanol–water partition coefficient (Wildman–Crippen LogP) is 2.89. The number of aryl methyl sites for hydroxylation is 1. The van der Waals surface area contributed by atoms with Crippen molar-refractivity contribution in [1.82, 2.24) is 20.9 Å². The van der Waals surface area contributed by atoms with E-state index < -0.39 is 0 Å². The van der Waals surface area contributed by atoms with Gasteiger partial charge < -0.3 is 16.0 Å². The molecule has 1 heterocycles. The first kappa shape index (κ1) is 20.9. The summed E-state index contributed by atoms with van der Waals surface area (Å²) >= 11 is 1.72. The smallest absolute Gasteiger partial charge is 0.251 e. The maximum absolute atomic E-state index is 12.3. The highest BCUT2D eigenvalue weighted by Crippen LogP contribution is 2.11. The van der Waals surface area contributed by atoms with Gasteiger partial charge in [-0.25, -0.2) is 4.98 Å². The van der Waals surface area contributed by atoms with Gasteiger partial charge >= 0.3 is 0 Å². The van der Waals surface area contributed by atoms with Gasteiger partial charge in [0, 0.05) is 49.2 Å². The molecule has 0 saturated carbocycles. The molecule has 146 valence electrons. The quantitative estimate of drug-likeness (QED) is 0.481. The van der Waals surface area contributed by atoms with Crippen LogP contribution in [0.15, 0.2) is 35.5 Å². The topological polar surface area (TPSA) is 78.4 Å². The summed E-state index contributed by atoms with van der Waals surface area (Å²) < 4.78 is 0. The van der Waals surface area contributed by atoms with Crippen LogP contribution in [0.5, 0.6) is 0 Å². The number of carbonyl (C=O) groups is 1. The molecule has 1 atom stereocenters. The maximum Gasteiger partial charge on any atom is 0.251 e. The van der Waals surface area contributed by atoms with Crippen molar-refractivity contribution in [2.24, 2.45) is 4.99 Å². The van der Waals surface area contributed by atoms with Crippen LogP contribution in [-0.2, 0) is 13.0 Å². The second-order valence-electron chi connectivity index (χ2n) is 6.45. The first-order valence-electron chi connectivity index (χ1n) is 9.27. The van der Waals surface area contributed by atoms with Crippen LogP contribution in [0.25, 0.3) is 0 Å². The molecule has 0 aliphatic carbocycles. The number of aromatic nitrogens is 1. The summed E-state index contributed by atoms with van der Waals surface area (Å²) in [5, 5.41) is 10.7. The van der Waals surface area contributed by atoms with E-state index in [1.807, 2.05) is 37.4 Å². The van der Waals surface area contributed by atoms with E-state index >= 15 is 0 Å². The Hall–Kier alpha value is -2.41. The molecule has 0 spiro atoms. The molecular weight excluding hydrogens is 358 g/mol. The number of nitrogens with one attached hydrogen (secondary N) is 3. The van der Waals surface area contributed by atoms with E-state index in [0.29, 0.717) is 12.1 Å². The molecule has 1 aromatic heterocycles. The standard InChI is InChI=1S/C20H29N5OS/c1-5-14(2)25-19(26)17-8-6-7-16(11-17)13-24-20(21-4)22-10-9-18-23-12-15(3)27-18/h6-8,11-12,14H,5,9-10,13H2,1-4H3,(H,25,26)(H2,21,22,24). The highest BCUT2D eigenvalue weighted by atomic mass is 32.1. The summed E-state index contributed by atoms with van der Waals surface area (Å²) in [4.78, 5) is 22.1. The summed E-state index contributed by atoms with van der Waals surface area (Å²) in [6.45, 7) is 7.49. The fourth-order valence-corrected chi connectivity index (χ4v) is 3.23. The zero-order chi connectivity index (χ0) is 19.6. The van der Waals surface area contributed by atoms with Crippen LogP contribution in [0.4, 0.5) is 0 Å². The molecule has 0 radical (unpaired) electrons. The number of carbonyl (C=O) groups excluding carboxylic acids is 1. The minimum absolute atomic E-state index is 0.0348. The summed E-state index contributed by atoms with van der Waals surface area (Å²) in [6, 6.07) is 7.83. The van der Waals surface area contributed by atoms with Gasteiger partial charge in [0.2, 0.25) is 0 Å². The van der Waals surface area contributed by atoms with E-state index in [4.69, 9.17) is 0 Å². The van der Waals surface area contributed by atoms with Crippen LogP contribution < -0.4 is 16.0 Å². The summed E-state index contributed by atoms with van der Waals surface area (Å²) in [5.41, 5.74) is 1.71. The van der Waals surface area contributed by atoms with Crippen molar-refractivity contribution in [3.8, 4) is 0 Å². The van der Waals surface area contributed by atoms with Crippen molar-refractivity contribution in [3.63, 3.8) is 0 Å². The fourth-order valence-electron chi connectivity index (χ4n) is 2.44. The number of aliphatic imine (C=N–C) groups is 1. The van der Waals surface area contributed by atoms with Crippen molar-refractivity contribution in [2.75, 3.05) is 13.6 Å². The Kier molecular flexibility index (Phi) is 8.26. The number of thiazole rings is 1. The fraction of sp³-hybridized carbons (Fsp3) is 0.450. The molecule has 1 amide bonds. The number of nitrogens with zero attached hydrogens (tertiary/aromatic N) is 2. The molecule has 27 heavy (non-hydrogen) atoms. The van der Waals surface area contributed by atoms with Gasteiger partial charge in [0.1, 0.15) is 0 Å². The van der Waals surface area contributed by atoms with Gasteiger partial charge in [0.05, 0.1) is 5.01 Å². The molecule has 2 rings (SSSR count). The third-order valence-electron chi connectivity index (χ3n) is 4.16. The van der Waals surface area contributed by atoms with Crippen LogP contribution in [0.1, 0.15) is 46.1 Å². The Morgan fingerprint density at radius 3 is 2.81 bits per heavy atom. The average molecular weight is 388 g/mol. The zero-order valence-corrected chi connectivity index (χ0v) is 17.3. The van der Waals surface area contributed by atoms with Gasteiger partial charge in [-0.05, 0) is 38.0 Å². The number of rotatable bonds is 8. The average Bonchev–Trinajstić information content (AvgIpc) is 3.09. The van der Waals surface area contributed by atoms with E-state index in [2.05, 4.69) is 39.8 Å². The molecule has 1 aromatic carbocycles. The summed E-state index contributed by atoms with van der Waals surface area (Å²) in [7, 11) is 1.75. The molecule has 3 N–H and O–H groups in total. The third-order valence-corrected chi connectivity index (χ3v) is 5.14. The second kappa shape index (κ2) is 10.7. The molecule has 2 aromatic rings. The lowest BCUT2D eigenvalue weighted by Gasteiger charge is -2.13. The molecule has 0 fully saturated rings. The molecule has 1 unspecified atom stereocenters. The van der Waals surface area contributed by atoms with Crippen LogP contribution in [0.3, 0.4) is 0 Å². The Labute approximate surface area is 165 Å². The summed E-state index contributed by atoms with van der Waals surface area (Å²) in [6.07, 6.45) is 3.68. The first-order valence-corrected chi connectivity index (χ1v) is 10.1. The van der Waals surface area contributed by atoms with Crippen LogP contribution in [-0.4, -0.2) is 36.5 Å². The monoisotopic (exact) mass is 387 g/mol. The molecule has 6 nitrogen and oxygen atoms in total. The number of hydrogen-bond donors (Lipinski definition) is 3. The van der Waals surface area contributed by atoms with Gasteiger partial charge in [-0.2, -0.15) is 0 Å². The van der Waals surface area contributed by atoms with Gasteiger partial charge in [0.15, 0.2) is 5.96 Å². The highest BCUT2D eigenvalue weighted by Gasteiger charge is 2.09. The SMILES string of the molecule is CCC(C)NC(=O)c1cccc(CNC(=NC)NCCc2ncc(C)s2)c1. The largest absolute Gasteiger partial charge is 0.356 e. The van der Waals surface area contributed by atoms with Gasteiger partial charge in [0.25, 0.3) is 5.91 Å². The van der Waals surface area contributed by atoms with E-state index in [1.165, 1.54) is 4.88 Å². The maximum atomic E-state index is 12.3. The Morgan fingerprint density at radius 2 is 2.15 bits per heavy atom. The van der Waals surface area contributed by atoms with Crippen molar-refractivity contribution in [1.29, 1.82) is 0 Å². The van der Waals surface area contributed by atoms with Crippen LogP contribution in [0, 0.1) is 6.92 Å². The predicted molar refractivity (Wildman–Crippen MR) is 112 cm³/mol. The van der Waals surface area contributed by atoms with Crippen molar-refractivity contribution < 1.29 is 4.79 Å². The molecule has 0 aliphatic rings. The molecular formula is C20H29N5OS. The normalized spacial score (nSPS) is 12.5. The first-order chi connectivity index (χ1) is 13.0. The lowest BCUT2D eigenvalue weighted by molar-refractivity contribution is 0.0939. The van der Waals surface area contributed by atoms with Crippen LogP contribution >= 0.6 is 11.3 Å². The van der Waals surface area contributed by atoms with E-state index in [9.17, 15) is 4.79 Å². The number of benzene rings is 1. The van der Waals surface area contributed by atoms with Gasteiger partial charge in [-0.3, -0.25) is 9.79 Å². The Bertz CT molecular complexity index is 771. The minimum atomic E-state index is -0.0348. The van der Waals surface area contributed by atoms with Crippen molar-refractivity contribution in [3.05, 3.63) is 51.5 Å². The molecule has 7 heteroatoms. The Morgan fingerprint density at radius 1 is 1.33 bits per heavy atom. The second-order valence-corrected chi connectivity index (χ2v) is 7.77. The van der Waals surface area contributed by atoms with Crippen molar-refractivity contribution in [2.45, 2.75) is 46.2 Å². The number of amides is 1. The summed E-state index contributed by atoms with van der Waals surface area (Å²) in [5.74, 6) is 0.699. The number of hydrogen-bond acceptors (Lipinski definition) is 4. The molecule has 0 saturated heterocycles. The highest BCUT2D eigenvalue weighted by molar-refractivity contribution is 7.11.